The van der Waals surface area contributed by atoms with Crippen LogP contribution in [0.1, 0.15) is 49.7 Å². The van der Waals surface area contributed by atoms with E-state index in [1.165, 1.54) is 0 Å². The first kappa shape index (κ1) is 16.0. The van der Waals surface area contributed by atoms with Crippen molar-refractivity contribution < 1.29 is 18.3 Å². The van der Waals surface area contributed by atoms with Gasteiger partial charge in [0, 0.05) is 0 Å². The Hall–Kier alpha value is -1.36. The average molecular weight is 310 g/mol. The fourth-order valence-electron chi connectivity index (χ4n) is 2.89. The predicted molar refractivity (Wildman–Crippen MR) is 81.9 cm³/mol. The first-order valence-electron chi connectivity index (χ1n) is 7.39. The third-order valence-corrected chi connectivity index (χ3v) is 5.95. The van der Waals surface area contributed by atoms with Gasteiger partial charge in [0.1, 0.15) is 0 Å². The van der Waals surface area contributed by atoms with Crippen molar-refractivity contribution in [2.24, 2.45) is 5.92 Å². The molecule has 0 saturated heterocycles. The summed E-state index contributed by atoms with van der Waals surface area (Å²) in [5, 5.41) is 8.95. The van der Waals surface area contributed by atoms with Gasteiger partial charge in [0.15, 0.2) is 9.84 Å². The third-order valence-electron chi connectivity index (χ3n) is 4.20. The molecular weight excluding hydrogens is 288 g/mol. The molecule has 0 aromatic heterocycles. The molecule has 1 unspecified atom stereocenters. The van der Waals surface area contributed by atoms with Crippen molar-refractivity contribution in [2.45, 2.75) is 44.3 Å². The highest BCUT2D eigenvalue weighted by Crippen LogP contribution is 2.27. The molecule has 1 atom stereocenters. The van der Waals surface area contributed by atoms with E-state index in [4.69, 9.17) is 5.11 Å². The number of sulfone groups is 1. The van der Waals surface area contributed by atoms with E-state index >= 15 is 0 Å². The highest BCUT2D eigenvalue weighted by molar-refractivity contribution is 7.90. The lowest BCUT2D eigenvalue weighted by Crippen LogP contribution is -2.16. The molecular formula is C16H22O4S. The minimum atomic E-state index is -3.08. The summed E-state index contributed by atoms with van der Waals surface area (Å²) in [6.45, 7) is 1.62. The van der Waals surface area contributed by atoms with Gasteiger partial charge in [-0.3, -0.25) is 4.79 Å². The van der Waals surface area contributed by atoms with Gasteiger partial charge in [0.25, 0.3) is 0 Å². The Labute approximate surface area is 126 Å². The molecule has 116 valence electrons. The van der Waals surface area contributed by atoms with Gasteiger partial charge in [-0.2, -0.15) is 0 Å². The minimum Gasteiger partial charge on any atom is -0.481 e. The fourth-order valence-corrected chi connectivity index (χ4v) is 4.76. The Morgan fingerprint density at radius 2 is 1.81 bits per heavy atom. The summed E-state index contributed by atoms with van der Waals surface area (Å²) < 4.78 is 24.4. The van der Waals surface area contributed by atoms with E-state index in [1.807, 2.05) is 0 Å². The van der Waals surface area contributed by atoms with E-state index in [1.54, 1.807) is 31.2 Å². The summed E-state index contributed by atoms with van der Waals surface area (Å²) in [5.41, 5.74) is 1.42. The number of rotatable bonds is 6. The Balaban J connectivity index is 2.00. The second-order valence-corrected chi connectivity index (χ2v) is 8.12. The molecule has 1 fully saturated rings. The van der Waals surface area contributed by atoms with Crippen LogP contribution >= 0.6 is 0 Å². The van der Waals surface area contributed by atoms with Gasteiger partial charge < -0.3 is 5.11 Å². The Bertz CT molecular complexity index is 583. The van der Waals surface area contributed by atoms with Crippen LogP contribution in [0.4, 0.5) is 0 Å². The second-order valence-electron chi connectivity index (χ2n) is 6.01. The van der Waals surface area contributed by atoms with Crippen molar-refractivity contribution >= 4 is 15.8 Å². The van der Waals surface area contributed by atoms with Crippen molar-refractivity contribution in [3.63, 3.8) is 0 Å². The lowest BCUT2D eigenvalue weighted by Gasteiger charge is -2.11. The number of carboxylic acid groups (broad SMARTS) is 1. The van der Waals surface area contributed by atoms with E-state index in [-0.39, 0.29) is 11.5 Å². The monoisotopic (exact) mass is 310 g/mol. The van der Waals surface area contributed by atoms with E-state index in [0.29, 0.717) is 11.5 Å². The third kappa shape index (κ3) is 4.56. The molecule has 1 saturated carbocycles. The maximum Gasteiger partial charge on any atom is 0.310 e. The molecule has 1 aromatic carbocycles. The predicted octanol–water partition coefficient (Wildman–Crippen LogP) is 2.98. The zero-order chi connectivity index (χ0) is 15.5. The molecule has 0 bridgehead atoms. The van der Waals surface area contributed by atoms with Crippen molar-refractivity contribution in [3.8, 4) is 0 Å². The number of hydrogen-bond donors (Lipinski definition) is 1. The minimum absolute atomic E-state index is 0.0469. The van der Waals surface area contributed by atoms with Crippen molar-refractivity contribution in [3.05, 3.63) is 35.4 Å². The molecule has 0 spiro atoms. The maximum atomic E-state index is 12.2. The van der Waals surface area contributed by atoms with Crippen molar-refractivity contribution in [2.75, 3.05) is 5.75 Å². The lowest BCUT2D eigenvalue weighted by atomic mass is 10.0. The Morgan fingerprint density at radius 1 is 1.24 bits per heavy atom. The smallest absolute Gasteiger partial charge is 0.310 e. The first-order chi connectivity index (χ1) is 9.87. The molecule has 1 aliphatic carbocycles. The van der Waals surface area contributed by atoms with Gasteiger partial charge in [-0.15, -0.1) is 0 Å². The van der Waals surface area contributed by atoms with Crippen LogP contribution in [0, 0.1) is 5.92 Å². The molecule has 0 heterocycles. The van der Waals surface area contributed by atoms with Gasteiger partial charge in [0.2, 0.25) is 0 Å². The molecule has 2 rings (SSSR count). The van der Waals surface area contributed by atoms with Gasteiger partial charge >= 0.3 is 5.97 Å². The van der Waals surface area contributed by atoms with Gasteiger partial charge in [0.05, 0.1) is 17.4 Å². The SMILES string of the molecule is CC(C(=O)O)c1ccc(CS(=O)(=O)CC2CCCC2)cc1. The van der Waals surface area contributed by atoms with Crippen LogP contribution in [0.3, 0.4) is 0 Å². The summed E-state index contributed by atoms with van der Waals surface area (Å²) in [6, 6.07) is 6.86. The van der Waals surface area contributed by atoms with E-state index < -0.39 is 21.7 Å². The zero-order valence-corrected chi connectivity index (χ0v) is 13.1. The van der Waals surface area contributed by atoms with Gasteiger partial charge in [-0.25, -0.2) is 8.42 Å². The van der Waals surface area contributed by atoms with Gasteiger partial charge in [-0.1, -0.05) is 37.1 Å². The second kappa shape index (κ2) is 6.60. The number of carbonyl (C=O) groups is 1. The first-order valence-corrected chi connectivity index (χ1v) is 9.21. The number of hydrogen-bond acceptors (Lipinski definition) is 3. The van der Waals surface area contributed by atoms with Crippen molar-refractivity contribution in [1.29, 1.82) is 0 Å². The fraction of sp³-hybridized carbons (Fsp3) is 0.562. The summed E-state index contributed by atoms with van der Waals surface area (Å²) in [6.07, 6.45) is 4.33. The Kier molecular flexibility index (Phi) is 5.04. The van der Waals surface area contributed by atoms with Crippen LogP contribution in [-0.2, 0) is 20.4 Å². The van der Waals surface area contributed by atoms with Crippen LogP contribution in [0.2, 0.25) is 0 Å². The molecule has 0 aliphatic heterocycles. The Morgan fingerprint density at radius 3 is 2.33 bits per heavy atom. The van der Waals surface area contributed by atoms with Crippen LogP contribution in [0.5, 0.6) is 0 Å². The number of aliphatic carboxylic acids is 1. The summed E-state index contributed by atoms with van der Waals surface area (Å²) in [7, 11) is -3.08. The quantitative estimate of drug-likeness (QED) is 0.877. The topological polar surface area (TPSA) is 71.4 Å². The molecule has 4 nitrogen and oxygen atoms in total. The lowest BCUT2D eigenvalue weighted by molar-refractivity contribution is -0.138. The van der Waals surface area contributed by atoms with E-state index in [2.05, 4.69) is 0 Å². The standard InChI is InChI=1S/C16H22O4S/c1-12(16(17)18)15-8-6-14(7-9-15)11-21(19,20)10-13-4-2-3-5-13/h6-9,12-13H,2-5,10-11H2,1H3,(H,17,18). The molecule has 0 amide bonds. The molecule has 1 aromatic rings. The molecule has 0 radical (unpaired) electrons. The van der Waals surface area contributed by atoms with Crippen LogP contribution in [-0.4, -0.2) is 25.2 Å². The normalized spacial score (nSPS) is 17.8. The molecule has 5 heteroatoms. The number of benzene rings is 1. The van der Waals surface area contributed by atoms with Gasteiger partial charge in [-0.05, 0) is 36.8 Å². The van der Waals surface area contributed by atoms with Crippen LogP contribution in [0.15, 0.2) is 24.3 Å². The molecule has 21 heavy (non-hydrogen) atoms. The summed E-state index contributed by atoms with van der Waals surface area (Å²) >= 11 is 0. The molecule has 1 N–H and O–H groups in total. The maximum absolute atomic E-state index is 12.2. The van der Waals surface area contributed by atoms with Crippen LogP contribution in [0.25, 0.3) is 0 Å². The summed E-state index contributed by atoms with van der Waals surface area (Å²) in [5.74, 6) is -0.807. The van der Waals surface area contributed by atoms with E-state index in [0.717, 1.165) is 31.2 Å². The highest BCUT2D eigenvalue weighted by atomic mass is 32.2. The van der Waals surface area contributed by atoms with E-state index in [9.17, 15) is 13.2 Å². The van der Waals surface area contributed by atoms with Crippen molar-refractivity contribution in [1.82, 2.24) is 0 Å². The summed E-state index contributed by atoms with van der Waals surface area (Å²) in [4.78, 5) is 10.9. The molecule has 1 aliphatic rings. The van der Waals surface area contributed by atoms with Crippen LogP contribution < -0.4 is 0 Å². The number of carboxylic acids is 1. The zero-order valence-electron chi connectivity index (χ0n) is 12.3. The largest absolute Gasteiger partial charge is 0.481 e. The average Bonchev–Trinajstić information content (AvgIpc) is 2.90. The highest BCUT2D eigenvalue weighted by Gasteiger charge is 2.23.